The molecule has 0 saturated heterocycles. The van der Waals surface area contributed by atoms with E-state index in [4.69, 9.17) is 5.73 Å². The van der Waals surface area contributed by atoms with Crippen LogP contribution in [0.2, 0.25) is 0 Å². The van der Waals surface area contributed by atoms with Crippen LogP contribution in [0.15, 0.2) is 17.0 Å². The van der Waals surface area contributed by atoms with Crippen LogP contribution in [0.4, 0.5) is 8.78 Å². The minimum absolute atomic E-state index is 0.0671. The fraction of sp³-hybridized carbons (Fsp3) is 0.538. The molecule has 1 aromatic rings. The van der Waals surface area contributed by atoms with Crippen molar-refractivity contribution in [3.8, 4) is 0 Å². The molecule has 1 atom stereocenters. The molecule has 21 heavy (non-hydrogen) atoms. The van der Waals surface area contributed by atoms with Crippen LogP contribution in [0.1, 0.15) is 25.8 Å². The molecule has 0 radical (unpaired) electrons. The van der Waals surface area contributed by atoms with Gasteiger partial charge in [0, 0.05) is 12.6 Å². The minimum atomic E-state index is -4.11. The molecule has 0 aliphatic rings. The largest absolute Gasteiger partial charge is 0.326 e. The van der Waals surface area contributed by atoms with Gasteiger partial charge in [-0.25, -0.2) is 21.9 Å². The number of sulfonamides is 1. The SMILES string of the molecule is CCSCCC(C)NS(=O)(=O)c1cc(CN)cc(F)c1F. The number of rotatable bonds is 8. The van der Waals surface area contributed by atoms with Gasteiger partial charge in [-0.15, -0.1) is 0 Å². The fourth-order valence-electron chi connectivity index (χ4n) is 1.72. The summed E-state index contributed by atoms with van der Waals surface area (Å²) in [4.78, 5) is -0.696. The first-order valence-corrected chi connectivity index (χ1v) is 9.23. The van der Waals surface area contributed by atoms with Crippen molar-refractivity contribution in [3.63, 3.8) is 0 Å². The van der Waals surface area contributed by atoms with Gasteiger partial charge in [0.2, 0.25) is 10.0 Å². The third kappa shape index (κ3) is 5.21. The quantitative estimate of drug-likeness (QED) is 0.713. The van der Waals surface area contributed by atoms with E-state index in [0.29, 0.717) is 6.42 Å². The predicted octanol–water partition coefficient (Wildman–Crippen LogP) is 2.23. The van der Waals surface area contributed by atoms with Gasteiger partial charge in [0.25, 0.3) is 0 Å². The fourth-order valence-corrected chi connectivity index (χ4v) is 3.95. The number of hydrogen-bond acceptors (Lipinski definition) is 4. The van der Waals surface area contributed by atoms with Gasteiger partial charge in [-0.1, -0.05) is 6.92 Å². The number of nitrogens with two attached hydrogens (primary N) is 1. The van der Waals surface area contributed by atoms with Gasteiger partial charge >= 0.3 is 0 Å². The molecule has 0 aromatic heterocycles. The van der Waals surface area contributed by atoms with Crippen LogP contribution in [0.3, 0.4) is 0 Å². The van der Waals surface area contributed by atoms with Gasteiger partial charge in [-0.3, -0.25) is 0 Å². The van der Waals surface area contributed by atoms with Crippen LogP contribution in [0.25, 0.3) is 0 Å². The Balaban J connectivity index is 2.95. The second kappa shape index (κ2) is 8.07. The molecule has 0 bridgehead atoms. The first-order valence-electron chi connectivity index (χ1n) is 6.59. The zero-order chi connectivity index (χ0) is 16.0. The van der Waals surface area contributed by atoms with E-state index in [0.717, 1.165) is 23.6 Å². The molecule has 3 N–H and O–H groups in total. The van der Waals surface area contributed by atoms with Crippen LogP contribution in [-0.4, -0.2) is 26.0 Å². The van der Waals surface area contributed by atoms with Crippen LogP contribution in [0, 0.1) is 11.6 Å². The molecule has 0 amide bonds. The normalized spacial score (nSPS) is 13.4. The molecule has 120 valence electrons. The molecule has 8 heteroatoms. The summed E-state index contributed by atoms with van der Waals surface area (Å²) < 4.78 is 53.8. The van der Waals surface area contributed by atoms with E-state index in [1.165, 1.54) is 0 Å². The lowest BCUT2D eigenvalue weighted by Crippen LogP contribution is -2.33. The molecule has 0 heterocycles. The summed E-state index contributed by atoms with van der Waals surface area (Å²) >= 11 is 1.68. The summed E-state index contributed by atoms with van der Waals surface area (Å²) in [6, 6.07) is 1.60. The van der Waals surface area contributed by atoms with E-state index in [-0.39, 0.29) is 18.2 Å². The summed E-state index contributed by atoms with van der Waals surface area (Å²) in [6.45, 7) is 3.63. The van der Waals surface area contributed by atoms with Crippen LogP contribution < -0.4 is 10.5 Å². The molecule has 1 rings (SSSR count). The van der Waals surface area contributed by atoms with Crippen molar-refractivity contribution >= 4 is 21.8 Å². The van der Waals surface area contributed by atoms with Crippen molar-refractivity contribution in [2.24, 2.45) is 5.73 Å². The summed E-state index contributed by atoms with van der Waals surface area (Å²) in [7, 11) is -4.11. The first kappa shape index (κ1) is 18.3. The molecule has 0 spiro atoms. The topological polar surface area (TPSA) is 72.2 Å². The van der Waals surface area contributed by atoms with Crippen molar-refractivity contribution in [1.82, 2.24) is 4.72 Å². The van der Waals surface area contributed by atoms with Crippen LogP contribution >= 0.6 is 11.8 Å². The first-order chi connectivity index (χ1) is 9.81. The number of hydrogen-bond donors (Lipinski definition) is 2. The van der Waals surface area contributed by atoms with E-state index >= 15 is 0 Å². The molecule has 1 unspecified atom stereocenters. The standard InChI is InChI=1S/C13H20F2N2O2S2/c1-3-20-5-4-9(2)17-21(18,19)12-7-10(8-16)6-11(14)13(12)15/h6-7,9,17H,3-5,8,16H2,1-2H3. The highest BCUT2D eigenvalue weighted by atomic mass is 32.2. The number of thioether (sulfide) groups is 1. The van der Waals surface area contributed by atoms with Crippen molar-refractivity contribution in [1.29, 1.82) is 0 Å². The Morgan fingerprint density at radius 1 is 1.38 bits per heavy atom. The van der Waals surface area contributed by atoms with E-state index in [2.05, 4.69) is 4.72 Å². The molecular formula is C13H20F2N2O2S2. The molecule has 4 nitrogen and oxygen atoms in total. The Morgan fingerprint density at radius 3 is 2.62 bits per heavy atom. The monoisotopic (exact) mass is 338 g/mol. The lowest BCUT2D eigenvalue weighted by molar-refractivity contribution is 0.479. The Bertz CT molecular complexity index is 580. The average molecular weight is 338 g/mol. The van der Waals surface area contributed by atoms with Gasteiger partial charge in [0.15, 0.2) is 11.6 Å². The third-order valence-corrected chi connectivity index (χ3v) is 5.36. The van der Waals surface area contributed by atoms with Gasteiger partial charge in [-0.05, 0) is 42.5 Å². The highest BCUT2D eigenvalue weighted by Gasteiger charge is 2.24. The van der Waals surface area contributed by atoms with E-state index in [1.54, 1.807) is 18.7 Å². The maximum absolute atomic E-state index is 13.7. The van der Waals surface area contributed by atoms with Crippen molar-refractivity contribution in [2.45, 2.75) is 37.8 Å². The zero-order valence-electron chi connectivity index (χ0n) is 12.0. The molecular weight excluding hydrogens is 318 g/mol. The van der Waals surface area contributed by atoms with Gasteiger partial charge < -0.3 is 5.73 Å². The highest BCUT2D eigenvalue weighted by molar-refractivity contribution is 7.99. The summed E-state index contributed by atoms with van der Waals surface area (Å²) in [5.74, 6) is -0.861. The summed E-state index contributed by atoms with van der Waals surface area (Å²) in [6.07, 6.45) is 0.610. The Morgan fingerprint density at radius 2 is 2.05 bits per heavy atom. The molecule has 0 saturated carbocycles. The van der Waals surface area contributed by atoms with Gasteiger partial charge in [-0.2, -0.15) is 11.8 Å². The number of halogens is 2. The zero-order valence-corrected chi connectivity index (χ0v) is 13.7. The predicted molar refractivity (Wildman–Crippen MR) is 81.6 cm³/mol. The summed E-state index contributed by atoms with van der Waals surface area (Å²) in [5.41, 5.74) is 5.58. The van der Waals surface area contributed by atoms with E-state index < -0.39 is 26.6 Å². The molecule has 1 aromatic carbocycles. The maximum atomic E-state index is 13.7. The van der Waals surface area contributed by atoms with Crippen molar-refractivity contribution < 1.29 is 17.2 Å². The average Bonchev–Trinajstić information content (AvgIpc) is 2.41. The molecule has 0 fully saturated rings. The molecule has 0 aliphatic heterocycles. The van der Waals surface area contributed by atoms with E-state index in [1.807, 2.05) is 6.92 Å². The highest BCUT2D eigenvalue weighted by Crippen LogP contribution is 2.20. The summed E-state index contributed by atoms with van der Waals surface area (Å²) in [5, 5.41) is 0. The van der Waals surface area contributed by atoms with Crippen LogP contribution in [-0.2, 0) is 16.6 Å². The number of nitrogens with one attached hydrogen (secondary N) is 1. The molecule has 0 aliphatic carbocycles. The second-order valence-electron chi connectivity index (χ2n) is 4.60. The second-order valence-corrected chi connectivity index (χ2v) is 7.68. The smallest absolute Gasteiger partial charge is 0.243 e. The third-order valence-electron chi connectivity index (χ3n) is 2.84. The Hall–Kier alpha value is -0.700. The van der Waals surface area contributed by atoms with Gasteiger partial charge in [0.1, 0.15) is 4.90 Å². The number of benzene rings is 1. The Labute approximate surface area is 128 Å². The van der Waals surface area contributed by atoms with Crippen LogP contribution in [0.5, 0.6) is 0 Å². The maximum Gasteiger partial charge on any atom is 0.243 e. The lowest BCUT2D eigenvalue weighted by atomic mass is 10.2. The lowest BCUT2D eigenvalue weighted by Gasteiger charge is -2.15. The van der Waals surface area contributed by atoms with E-state index in [9.17, 15) is 17.2 Å². The minimum Gasteiger partial charge on any atom is -0.326 e. The van der Waals surface area contributed by atoms with Crippen molar-refractivity contribution in [3.05, 3.63) is 29.3 Å². The van der Waals surface area contributed by atoms with Crippen molar-refractivity contribution in [2.75, 3.05) is 11.5 Å². The Kier molecular flexibility index (Phi) is 7.05. The van der Waals surface area contributed by atoms with Gasteiger partial charge in [0.05, 0.1) is 0 Å².